The van der Waals surface area contributed by atoms with Gasteiger partial charge < -0.3 is 10.1 Å². The molecule has 0 spiro atoms. The molecular formula is C14H17ClFNO. The van der Waals surface area contributed by atoms with Gasteiger partial charge in [0.25, 0.3) is 0 Å². The summed E-state index contributed by atoms with van der Waals surface area (Å²) in [6.07, 6.45) is 4.11. The van der Waals surface area contributed by atoms with Crippen LogP contribution in [0.4, 0.5) is 4.39 Å². The third-order valence-corrected chi connectivity index (χ3v) is 4.42. The molecule has 1 saturated heterocycles. The quantitative estimate of drug-likeness (QED) is 0.845. The number of hydrogen-bond acceptors (Lipinski definition) is 2. The van der Waals surface area contributed by atoms with Crippen molar-refractivity contribution in [3.63, 3.8) is 0 Å². The monoisotopic (exact) mass is 269 g/mol. The van der Waals surface area contributed by atoms with E-state index in [2.05, 4.69) is 5.32 Å². The molecule has 2 fully saturated rings. The summed E-state index contributed by atoms with van der Waals surface area (Å²) >= 11 is 6.24. The number of rotatable bonds is 1. The smallest absolute Gasteiger partial charge is 0.129 e. The van der Waals surface area contributed by atoms with Crippen molar-refractivity contribution in [2.75, 3.05) is 13.2 Å². The fraction of sp³-hybridized carbons (Fsp3) is 0.571. The van der Waals surface area contributed by atoms with Crippen LogP contribution in [0.15, 0.2) is 18.2 Å². The van der Waals surface area contributed by atoms with Gasteiger partial charge in [-0.1, -0.05) is 30.5 Å². The molecule has 4 heteroatoms. The fourth-order valence-electron chi connectivity index (χ4n) is 3.34. The Hall–Kier alpha value is -0.640. The van der Waals surface area contributed by atoms with Crippen LogP contribution in [0.5, 0.6) is 0 Å². The Morgan fingerprint density at radius 1 is 1.39 bits per heavy atom. The number of fused-ring (bicyclic) bond motifs is 1. The van der Waals surface area contributed by atoms with Crippen LogP contribution >= 0.6 is 11.6 Å². The predicted octanol–water partition coefficient (Wildman–Crippen LogP) is 3.24. The average molecular weight is 270 g/mol. The molecule has 0 radical (unpaired) electrons. The first-order valence-electron chi connectivity index (χ1n) is 6.55. The van der Waals surface area contributed by atoms with Crippen molar-refractivity contribution < 1.29 is 9.13 Å². The summed E-state index contributed by atoms with van der Waals surface area (Å²) in [6, 6.07) is 4.90. The van der Waals surface area contributed by atoms with E-state index in [1.165, 1.54) is 6.07 Å². The second kappa shape index (κ2) is 4.80. The summed E-state index contributed by atoms with van der Waals surface area (Å²) in [5.41, 5.74) is 0.162. The average Bonchev–Trinajstić information content (AvgIpc) is 2.38. The molecule has 2 unspecified atom stereocenters. The Labute approximate surface area is 111 Å². The predicted molar refractivity (Wildman–Crippen MR) is 69.3 cm³/mol. The van der Waals surface area contributed by atoms with Crippen LogP contribution in [0.2, 0.25) is 5.02 Å². The number of hydrogen-bond donors (Lipinski definition) is 1. The molecular weight excluding hydrogens is 253 g/mol. The molecule has 1 heterocycles. The van der Waals surface area contributed by atoms with E-state index in [0.29, 0.717) is 17.2 Å². The third-order valence-electron chi connectivity index (χ3n) is 4.11. The van der Waals surface area contributed by atoms with Gasteiger partial charge in [-0.2, -0.15) is 0 Å². The molecule has 1 N–H and O–H groups in total. The number of halogens is 2. The van der Waals surface area contributed by atoms with Gasteiger partial charge in [0.1, 0.15) is 5.82 Å². The minimum atomic E-state index is -0.432. The van der Waals surface area contributed by atoms with Crippen LogP contribution in [-0.2, 0) is 10.3 Å². The molecule has 3 rings (SSSR count). The summed E-state index contributed by atoms with van der Waals surface area (Å²) in [5, 5.41) is 3.98. The second-order valence-electron chi connectivity index (χ2n) is 5.10. The molecule has 98 valence electrons. The minimum Gasteiger partial charge on any atom is -0.375 e. The second-order valence-corrected chi connectivity index (χ2v) is 5.51. The Balaban J connectivity index is 2.10. The molecule has 1 saturated carbocycles. The summed E-state index contributed by atoms with van der Waals surface area (Å²) in [6.45, 7) is 1.44. The van der Waals surface area contributed by atoms with Crippen molar-refractivity contribution >= 4 is 11.6 Å². The van der Waals surface area contributed by atoms with E-state index in [-0.39, 0.29) is 11.9 Å². The first-order valence-corrected chi connectivity index (χ1v) is 6.93. The first-order chi connectivity index (χ1) is 8.74. The minimum absolute atomic E-state index is 0.0365. The lowest BCUT2D eigenvalue weighted by molar-refractivity contribution is -0.0768. The SMILES string of the molecule is Fc1cccc(Cl)c1C12CCCCC1OCCN2. The Morgan fingerprint density at radius 3 is 3.11 bits per heavy atom. The molecule has 0 amide bonds. The van der Waals surface area contributed by atoms with Crippen LogP contribution in [-0.4, -0.2) is 19.3 Å². The van der Waals surface area contributed by atoms with Gasteiger partial charge in [0.05, 0.1) is 18.2 Å². The largest absolute Gasteiger partial charge is 0.375 e. The Bertz CT molecular complexity index is 419. The summed E-state index contributed by atoms with van der Waals surface area (Å²) < 4.78 is 20.1. The van der Waals surface area contributed by atoms with E-state index >= 15 is 0 Å². The fourth-order valence-corrected chi connectivity index (χ4v) is 3.67. The number of ether oxygens (including phenoxy) is 1. The number of benzene rings is 1. The van der Waals surface area contributed by atoms with Gasteiger partial charge in [0.15, 0.2) is 0 Å². The molecule has 2 aliphatic rings. The van der Waals surface area contributed by atoms with Gasteiger partial charge in [-0.05, 0) is 25.0 Å². The molecule has 0 aromatic heterocycles. The van der Waals surface area contributed by atoms with Crippen molar-refractivity contribution in [1.82, 2.24) is 5.32 Å². The van der Waals surface area contributed by atoms with E-state index in [9.17, 15) is 4.39 Å². The topological polar surface area (TPSA) is 21.3 Å². The lowest BCUT2D eigenvalue weighted by Gasteiger charge is -2.48. The highest BCUT2D eigenvalue weighted by Gasteiger charge is 2.47. The summed E-state index contributed by atoms with van der Waals surface area (Å²) in [4.78, 5) is 0. The molecule has 2 atom stereocenters. The lowest BCUT2D eigenvalue weighted by Crippen LogP contribution is -2.59. The maximum absolute atomic E-state index is 14.2. The zero-order chi connectivity index (χ0) is 12.6. The maximum atomic E-state index is 14.2. The highest BCUT2D eigenvalue weighted by atomic mass is 35.5. The van der Waals surface area contributed by atoms with Crippen molar-refractivity contribution in [1.29, 1.82) is 0 Å². The van der Waals surface area contributed by atoms with E-state index in [1.807, 2.05) is 0 Å². The Kier molecular flexibility index (Phi) is 3.31. The van der Waals surface area contributed by atoms with Crippen LogP contribution < -0.4 is 5.32 Å². The number of morpholine rings is 1. The molecule has 1 aliphatic heterocycles. The maximum Gasteiger partial charge on any atom is 0.129 e. The Morgan fingerprint density at radius 2 is 2.28 bits per heavy atom. The van der Waals surface area contributed by atoms with Gasteiger partial charge in [-0.15, -0.1) is 0 Å². The van der Waals surface area contributed by atoms with E-state index in [0.717, 1.165) is 32.2 Å². The first kappa shape index (κ1) is 12.4. The van der Waals surface area contributed by atoms with Gasteiger partial charge in [0, 0.05) is 17.1 Å². The molecule has 1 aromatic carbocycles. The van der Waals surface area contributed by atoms with Crippen LogP contribution in [0.3, 0.4) is 0 Å². The normalized spacial score (nSPS) is 32.0. The van der Waals surface area contributed by atoms with Crippen LogP contribution in [0.1, 0.15) is 31.2 Å². The highest BCUT2D eigenvalue weighted by Crippen LogP contribution is 2.44. The van der Waals surface area contributed by atoms with Gasteiger partial charge in [-0.3, -0.25) is 0 Å². The lowest BCUT2D eigenvalue weighted by atomic mass is 9.73. The molecule has 1 aliphatic carbocycles. The van der Waals surface area contributed by atoms with Crippen LogP contribution in [0, 0.1) is 5.82 Å². The zero-order valence-corrected chi connectivity index (χ0v) is 11.0. The van der Waals surface area contributed by atoms with Crippen LogP contribution in [0.25, 0.3) is 0 Å². The molecule has 1 aromatic rings. The van der Waals surface area contributed by atoms with Gasteiger partial charge in [0.2, 0.25) is 0 Å². The van der Waals surface area contributed by atoms with Crippen molar-refractivity contribution in [2.24, 2.45) is 0 Å². The molecule has 0 bridgehead atoms. The van der Waals surface area contributed by atoms with Gasteiger partial charge in [-0.25, -0.2) is 4.39 Å². The standard InChI is InChI=1S/C14H17ClFNO/c15-10-4-3-5-11(16)13(10)14-7-2-1-6-12(14)18-9-8-17-14/h3-5,12,17H,1-2,6-9H2. The van der Waals surface area contributed by atoms with Crippen molar-refractivity contribution in [3.05, 3.63) is 34.6 Å². The van der Waals surface area contributed by atoms with Gasteiger partial charge >= 0.3 is 0 Å². The highest BCUT2D eigenvalue weighted by molar-refractivity contribution is 6.31. The molecule has 18 heavy (non-hydrogen) atoms. The molecule has 2 nitrogen and oxygen atoms in total. The summed E-state index contributed by atoms with van der Waals surface area (Å²) in [7, 11) is 0. The van der Waals surface area contributed by atoms with E-state index in [1.54, 1.807) is 12.1 Å². The summed E-state index contributed by atoms with van der Waals surface area (Å²) in [5.74, 6) is -0.229. The van der Waals surface area contributed by atoms with Crippen molar-refractivity contribution in [2.45, 2.75) is 37.3 Å². The van der Waals surface area contributed by atoms with Crippen molar-refractivity contribution in [3.8, 4) is 0 Å². The van der Waals surface area contributed by atoms with E-state index in [4.69, 9.17) is 16.3 Å². The third kappa shape index (κ3) is 1.85. The number of nitrogens with one attached hydrogen (secondary N) is 1. The zero-order valence-electron chi connectivity index (χ0n) is 10.2. The van der Waals surface area contributed by atoms with E-state index < -0.39 is 5.54 Å².